The maximum Gasteiger partial charge on any atom is 0.261 e. The number of carboxylic acids is 1. The van der Waals surface area contributed by atoms with Crippen molar-refractivity contribution in [3.05, 3.63) is 40.9 Å². The molecule has 0 aliphatic carbocycles. The van der Waals surface area contributed by atoms with Gasteiger partial charge in [0.1, 0.15) is 6.04 Å². The highest BCUT2D eigenvalue weighted by molar-refractivity contribution is 7.98. The van der Waals surface area contributed by atoms with E-state index in [1.165, 1.54) is 10.9 Å². The number of aromatic nitrogens is 2. The molecule has 1 N–H and O–H groups in total. The molecule has 2 atom stereocenters. The fourth-order valence-electron chi connectivity index (χ4n) is 2.88. The number of carbonyl (C=O) groups excluding carboxylic acids is 2. The summed E-state index contributed by atoms with van der Waals surface area (Å²) in [5, 5.41) is 14.3. The number of aliphatic carboxylic acids is 1. The van der Waals surface area contributed by atoms with Crippen LogP contribution < -0.4 is 16.0 Å². The fourth-order valence-corrected chi connectivity index (χ4v) is 3.34. The van der Waals surface area contributed by atoms with Crippen molar-refractivity contribution in [1.29, 1.82) is 0 Å². The zero-order chi connectivity index (χ0) is 20.0. The predicted octanol–water partition coefficient (Wildman–Crippen LogP) is 0.971. The molecular weight excluding hydrogens is 366 g/mol. The number of rotatable bonds is 9. The van der Waals surface area contributed by atoms with Crippen LogP contribution in [0.25, 0.3) is 10.9 Å². The summed E-state index contributed by atoms with van der Waals surface area (Å²) in [6.45, 7) is 3.73. The van der Waals surface area contributed by atoms with E-state index in [2.05, 4.69) is 10.3 Å². The van der Waals surface area contributed by atoms with Gasteiger partial charge in [-0.05, 0) is 42.9 Å². The Labute approximate surface area is 162 Å². The molecule has 8 heteroatoms. The van der Waals surface area contributed by atoms with E-state index in [4.69, 9.17) is 0 Å². The number of fused-ring (bicyclic) bond motifs is 1. The minimum Gasteiger partial charge on any atom is -0.548 e. The third-order valence-electron chi connectivity index (χ3n) is 4.23. The van der Waals surface area contributed by atoms with Crippen LogP contribution in [0, 0.1) is 5.92 Å². The third kappa shape index (κ3) is 5.32. The van der Waals surface area contributed by atoms with Gasteiger partial charge in [0, 0.05) is 0 Å². The van der Waals surface area contributed by atoms with E-state index in [-0.39, 0.29) is 17.9 Å². The normalized spacial score (nSPS) is 13.5. The molecule has 0 aliphatic heterocycles. The minimum atomic E-state index is -1.33. The Morgan fingerprint density at radius 3 is 2.63 bits per heavy atom. The number of hydrogen-bond acceptors (Lipinski definition) is 6. The van der Waals surface area contributed by atoms with Crippen LogP contribution in [0.15, 0.2) is 35.4 Å². The second kappa shape index (κ2) is 9.55. The van der Waals surface area contributed by atoms with Crippen molar-refractivity contribution in [2.24, 2.45) is 5.92 Å². The molecule has 0 radical (unpaired) electrons. The SMILES string of the molecule is CSCC[C@@H](C(=O)N[C@@H](CC(C)C)C(=O)[O-])n1cnc2ccccc2c1=O. The number of thioether (sulfide) groups is 1. The molecular formula is C19H24N3O4S-. The maximum absolute atomic E-state index is 12.8. The molecule has 1 heterocycles. The molecule has 146 valence electrons. The predicted molar refractivity (Wildman–Crippen MR) is 104 cm³/mol. The average Bonchev–Trinajstić information content (AvgIpc) is 2.62. The maximum atomic E-state index is 12.8. The molecule has 7 nitrogen and oxygen atoms in total. The largest absolute Gasteiger partial charge is 0.548 e. The molecule has 1 aromatic carbocycles. The van der Waals surface area contributed by atoms with Crippen LogP contribution in [0.4, 0.5) is 0 Å². The van der Waals surface area contributed by atoms with E-state index in [0.717, 1.165) is 0 Å². The van der Waals surface area contributed by atoms with Gasteiger partial charge in [-0.1, -0.05) is 26.0 Å². The van der Waals surface area contributed by atoms with Crippen molar-refractivity contribution in [2.75, 3.05) is 12.0 Å². The van der Waals surface area contributed by atoms with Crippen LogP contribution >= 0.6 is 11.8 Å². The molecule has 2 rings (SSSR count). The molecule has 0 bridgehead atoms. The second-order valence-electron chi connectivity index (χ2n) is 6.78. The zero-order valence-electron chi connectivity index (χ0n) is 15.7. The summed E-state index contributed by atoms with van der Waals surface area (Å²) in [5.41, 5.74) is 0.228. The van der Waals surface area contributed by atoms with Gasteiger partial charge in [-0.25, -0.2) is 4.98 Å². The lowest BCUT2D eigenvalue weighted by Crippen LogP contribution is -2.51. The Morgan fingerprint density at radius 2 is 2.00 bits per heavy atom. The van der Waals surface area contributed by atoms with Crippen molar-refractivity contribution in [1.82, 2.24) is 14.9 Å². The number of carboxylic acid groups (broad SMARTS) is 1. The topological polar surface area (TPSA) is 104 Å². The van der Waals surface area contributed by atoms with E-state index in [1.54, 1.807) is 36.0 Å². The van der Waals surface area contributed by atoms with Gasteiger partial charge in [0.2, 0.25) is 5.91 Å². The first kappa shape index (κ1) is 21.0. The van der Waals surface area contributed by atoms with Crippen molar-refractivity contribution >= 4 is 34.5 Å². The van der Waals surface area contributed by atoms with Crippen LogP contribution in [0.3, 0.4) is 0 Å². The number of hydrogen-bond donors (Lipinski definition) is 1. The lowest BCUT2D eigenvalue weighted by Gasteiger charge is -2.25. The van der Waals surface area contributed by atoms with E-state index in [9.17, 15) is 19.5 Å². The van der Waals surface area contributed by atoms with E-state index >= 15 is 0 Å². The molecule has 2 aromatic rings. The summed E-state index contributed by atoms with van der Waals surface area (Å²) in [5.74, 6) is -1.14. The number of amides is 1. The van der Waals surface area contributed by atoms with Crippen LogP contribution in [0.2, 0.25) is 0 Å². The van der Waals surface area contributed by atoms with Crippen molar-refractivity contribution < 1.29 is 14.7 Å². The highest BCUT2D eigenvalue weighted by atomic mass is 32.2. The second-order valence-corrected chi connectivity index (χ2v) is 7.77. The van der Waals surface area contributed by atoms with Crippen LogP contribution in [-0.4, -0.2) is 39.5 Å². The van der Waals surface area contributed by atoms with E-state index in [0.29, 0.717) is 23.1 Å². The van der Waals surface area contributed by atoms with Gasteiger partial charge in [0.05, 0.1) is 29.2 Å². The Hall–Kier alpha value is -2.35. The Bertz CT molecular complexity index is 865. The van der Waals surface area contributed by atoms with Crippen molar-refractivity contribution in [3.8, 4) is 0 Å². The number of benzene rings is 1. The van der Waals surface area contributed by atoms with E-state index in [1.807, 2.05) is 20.1 Å². The summed E-state index contributed by atoms with van der Waals surface area (Å²) in [7, 11) is 0. The average molecular weight is 390 g/mol. The molecule has 0 unspecified atom stereocenters. The van der Waals surface area contributed by atoms with Crippen molar-refractivity contribution in [3.63, 3.8) is 0 Å². The Morgan fingerprint density at radius 1 is 1.30 bits per heavy atom. The van der Waals surface area contributed by atoms with Crippen LogP contribution in [0.1, 0.15) is 32.7 Å². The fraction of sp³-hybridized carbons (Fsp3) is 0.474. The monoisotopic (exact) mass is 390 g/mol. The van der Waals surface area contributed by atoms with Gasteiger partial charge >= 0.3 is 0 Å². The van der Waals surface area contributed by atoms with E-state index < -0.39 is 24.0 Å². The quantitative estimate of drug-likeness (QED) is 0.684. The van der Waals surface area contributed by atoms with Gasteiger partial charge < -0.3 is 15.2 Å². The lowest BCUT2D eigenvalue weighted by molar-refractivity contribution is -0.308. The lowest BCUT2D eigenvalue weighted by atomic mass is 10.0. The summed E-state index contributed by atoms with van der Waals surface area (Å²) in [4.78, 5) is 41.3. The molecule has 27 heavy (non-hydrogen) atoms. The third-order valence-corrected chi connectivity index (χ3v) is 4.88. The summed E-state index contributed by atoms with van der Waals surface area (Å²) in [6, 6.07) is 4.98. The highest BCUT2D eigenvalue weighted by Gasteiger charge is 2.25. The first-order valence-corrected chi connectivity index (χ1v) is 10.2. The van der Waals surface area contributed by atoms with Crippen molar-refractivity contribution in [2.45, 2.75) is 38.8 Å². The van der Waals surface area contributed by atoms with Gasteiger partial charge in [-0.15, -0.1) is 0 Å². The number of nitrogens with one attached hydrogen (secondary N) is 1. The Kier molecular flexibility index (Phi) is 7.41. The highest BCUT2D eigenvalue weighted by Crippen LogP contribution is 2.16. The molecule has 1 aromatic heterocycles. The molecule has 0 saturated heterocycles. The smallest absolute Gasteiger partial charge is 0.261 e. The first-order chi connectivity index (χ1) is 12.8. The van der Waals surface area contributed by atoms with Gasteiger partial charge in [-0.3, -0.25) is 14.2 Å². The van der Waals surface area contributed by atoms with Gasteiger partial charge in [-0.2, -0.15) is 11.8 Å². The zero-order valence-corrected chi connectivity index (χ0v) is 16.5. The first-order valence-electron chi connectivity index (χ1n) is 8.81. The van der Waals surface area contributed by atoms with Crippen LogP contribution in [0.5, 0.6) is 0 Å². The molecule has 0 saturated carbocycles. The number of nitrogens with zero attached hydrogens (tertiary/aromatic N) is 2. The summed E-state index contributed by atoms with van der Waals surface area (Å²) < 4.78 is 1.29. The standard InChI is InChI=1S/C19H25N3O4S/c1-12(2)10-15(19(25)26)21-17(23)16(8-9-27-3)22-11-20-14-7-5-4-6-13(14)18(22)24/h4-7,11-12,15-16H,8-10H2,1-3H3,(H,21,23)(H,25,26)/p-1/t15-,16-/m0/s1. The molecule has 0 aliphatic rings. The summed E-state index contributed by atoms with van der Waals surface area (Å²) in [6.07, 6.45) is 3.90. The summed E-state index contributed by atoms with van der Waals surface area (Å²) >= 11 is 1.54. The number of para-hydroxylation sites is 1. The van der Waals surface area contributed by atoms with Gasteiger partial charge in [0.25, 0.3) is 5.56 Å². The minimum absolute atomic E-state index is 0.0721. The molecule has 0 fully saturated rings. The Balaban J connectivity index is 2.37. The number of carbonyl (C=O) groups is 2. The van der Waals surface area contributed by atoms with Crippen LogP contribution in [-0.2, 0) is 9.59 Å². The molecule has 1 amide bonds. The molecule has 0 spiro atoms. The van der Waals surface area contributed by atoms with Gasteiger partial charge in [0.15, 0.2) is 0 Å².